The second kappa shape index (κ2) is 8.01. The Bertz CT molecular complexity index is 294. The molecule has 0 aromatic carbocycles. The molecular formula is C11H18N2O3. The van der Waals surface area contributed by atoms with E-state index in [9.17, 15) is 0 Å². The zero-order valence-corrected chi connectivity index (χ0v) is 9.56. The van der Waals surface area contributed by atoms with Gasteiger partial charge < -0.3 is 14.6 Å². The minimum absolute atomic E-state index is 0.128. The summed E-state index contributed by atoms with van der Waals surface area (Å²) in [7, 11) is 0. The summed E-state index contributed by atoms with van der Waals surface area (Å²) in [4.78, 5) is 7.93. The molecule has 0 saturated carbocycles. The van der Waals surface area contributed by atoms with Gasteiger partial charge in [-0.15, -0.1) is 0 Å². The zero-order chi connectivity index (χ0) is 11.6. The highest BCUT2D eigenvalue weighted by Gasteiger charge is 1.98. The summed E-state index contributed by atoms with van der Waals surface area (Å²) in [5.74, 6) is 0.422. The predicted octanol–water partition coefficient (Wildman–Crippen LogP) is 1.16. The van der Waals surface area contributed by atoms with Crippen molar-refractivity contribution in [1.82, 2.24) is 9.97 Å². The van der Waals surface area contributed by atoms with Gasteiger partial charge in [-0.3, -0.25) is 4.98 Å². The van der Waals surface area contributed by atoms with Crippen molar-refractivity contribution in [2.24, 2.45) is 0 Å². The van der Waals surface area contributed by atoms with E-state index in [2.05, 4.69) is 16.9 Å². The van der Waals surface area contributed by atoms with Crippen LogP contribution in [0.3, 0.4) is 0 Å². The van der Waals surface area contributed by atoms with Crippen LogP contribution in [-0.2, 0) is 11.3 Å². The molecule has 0 spiro atoms. The van der Waals surface area contributed by atoms with Crippen LogP contribution in [0, 0.1) is 0 Å². The van der Waals surface area contributed by atoms with E-state index in [0.717, 1.165) is 19.4 Å². The first-order chi connectivity index (χ1) is 7.86. The monoisotopic (exact) mass is 226 g/mol. The Morgan fingerprint density at radius 1 is 1.25 bits per heavy atom. The van der Waals surface area contributed by atoms with Gasteiger partial charge in [-0.1, -0.05) is 13.3 Å². The second-order valence-corrected chi connectivity index (χ2v) is 3.32. The van der Waals surface area contributed by atoms with Gasteiger partial charge in [-0.05, 0) is 6.42 Å². The van der Waals surface area contributed by atoms with Crippen LogP contribution < -0.4 is 4.74 Å². The largest absolute Gasteiger partial charge is 0.474 e. The Hall–Kier alpha value is -1.20. The summed E-state index contributed by atoms with van der Waals surface area (Å²) in [6.45, 7) is 3.76. The third kappa shape index (κ3) is 5.04. The SMILES string of the molecule is CCCCOCCOc1cncc(CO)n1. The molecule has 5 heteroatoms. The van der Waals surface area contributed by atoms with Crippen molar-refractivity contribution in [3.63, 3.8) is 0 Å². The first-order valence-corrected chi connectivity index (χ1v) is 5.49. The molecule has 1 N–H and O–H groups in total. The lowest BCUT2D eigenvalue weighted by Crippen LogP contribution is -2.09. The molecule has 90 valence electrons. The fraction of sp³-hybridized carbons (Fsp3) is 0.636. The van der Waals surface area contributed by atoms with E-state index in [1.165, 1.54) is 12.4 Å². The van der Waals surface area contributed by atoms with Crippen molar-refractivity contribution in [3.05, 3.63) is 18.1 Å². The quantitative estimate of drug-likeness (QED) is 0.674. The number of hydrogen-bond donors (Lipinski definition) is 1. The van der Waals surface area contributed by atoms with E-state index >= 15 is 0 Å². The minimum Gasteiger partial charge on any atom is -0.474 e. The van der Waals surface area contributed by atoms with Crippen LogP contribution in [0.2, 0.25) is 0 Å². The van der Waals surface area contributed by atoms with Gasteiger partial charge in [0, 0.05) is 6.61 Å². The lowest BCUT2D eigenvalue weighted by atomic mass is 10.4. The number of ether oxygens (including phenoxy) is 2. The summed E-state index contributed by atoms with van der Waals surface area (Å²) in [6, 6.07) is 0. The van der Waals surface area contributed by atoms with Crippen LogP contribution in [0.5, 0.6) is 5.88 Å². The maximum Gasteiger partial charge on any atom is 0.232 e. The van der Waals surface area contributed by atoms with Crippen molar-refractivity contribution in [1.29, 1.82) is 0 Å². The maximum atomic E-state index is 8.85. The van der Waals surface area contributed by atoms with E-state index in [1.807, 2.05) is 0 Å². The van der Waals surface area contributed by atoms with E-state index in [-0.39, 0.29) is 6.61 Å². The van der Waals surface area contributed by atoms with Gasteiger partial charge >= 0.3 is 0 Å². The van der Waals surface area contributed by atoms with Crippen molar-refractivity contribution < 1.29 is 14.6 Å². The van der Waals surface area contributed by atoms with Crippen molar-refractivity contribution >= 4 is 0 Å². The number of hydrogen-bond acceptors (Lipinski definition) is 5. The van der Waals surface area contributed by atoms with Crippen LogP contribution in [0.1, 0.15) is 25.5 Å². The number of rotatable bonds is 8. The van der Waals surface area contributed by atoms with Crippen molar-refractivity contribution in [3.8, 4) is 5.88 Å². The highest BCUT2D eigenvalue weighted by Crippen LogP contribution is 2.04. The lowest BCUT2D eigenvalue weighted by molar-refractivity contribution is 0.0961. The summed E-state index contributed by atoms with van der Waals surface area (Å²) < 4.78 is 10.6. The average Bonchev–Trinajstić information content (AvgIpc) is 2.34. The molecule has 5 nitrogen and oxygen atoms in total. The molecular weight excluding hydrogens is 208 g/mol. The van der Waals surface area contributed by atoms with Gasteiger partial charge in [-0.2, -0.15) is 0 Å². The second-order valence-electron chi connectivity index (χ2n) is 3.32. The molecule has 0 aliphatic carbocycles. The molecule has 0 bridgehead atoms. The Kier molecular flexibility index (Phi) is 6.44. The Labute approximate surface area is 95.4 Å². The smallest absolute Gasteiger partial charge is 0.232 e. The zero-order valence-electron chi connectivity index (χ0n) is 9.56. The topological polar surface area (TPSA) is 64.5 Å². The van der Waals surface area contributed by atoms with Crippen LogP contribution >= 0.6 is 0 Å². The minimum atomic E-state index is -0.128. The highest BCUT2D eigenvalue weighted by atomic mass is 16.5. The van der Waals surface area contributed by atoms with Gasteiger partial charge in [0.15, 0.2) is 0 Å². The van der Waals surface area contributed by atoms with Gasteiger partial charge in [0.25, 0.3) is 0 Å². The predicted molar refractivity (Wildman–Crippen MR) is 59.2 cm³/mol. The molecule has 0 fully saturated rings. The lowest BCUT2D eigenvalue weighted by Gasteiger charge is -2.06. The van der Waals surface area contributed by atoms with Crippen molar-refractivity contribution in [2.45, 2.75) is 26.4 Å². The Morgan fingerprint density at radius 2 is 2.12 bits per heavy atom. The molecule has 1 heterocycles. The van der Waals surface area contributed by atoms with E-state index in [4.69, 9.17) is 14.6 Å². The van der Waals surface area contributed by atoms with Gasteiger partial charge in [0.1, 0.15) is 6.61 Å². The molecule has 0 amide bonds. The normalized spacial score (nSPS) is 10.4. The fourth-order valence-electron chi connectivity index (χ4n) is 1.09. The molecule has 0 radical (unpaired) electrons. The maximum absolute atomic E-state index is 8.85. The average molecular weight is 226 g/mol. The first kappa shape index (κ1) is 12.9. The van der Waals surface area contributed by atoms with E-state index < -0.39 is 0 Å². The standard InChI is InChI=1S/C11H18N2O3/c1-2-3-4-15-5-6-16-11-8-12-7-10(9-14)13-11/h7-8,14H,2-6,9H2,1H3. The Balaban J connectivity index is 2.16. The number of aromatic nitrogens is 2. The van der Waals surface area contributed by atoms with E-state index in [1.54, 1.807) is 0 Å². The number of aliphatic hydroxyl groups excluding tert-OH is 1. The number of unbranched alkanes of at least 4 members (excludes halogenated alkanes) is 1. The molecule has 16 heavy (non-hydrogen) atoms. The third-order valence-electron chi connectivity index (χ3n) is 1.94. The van der Waals surface area contributed by atoms with Gasteiger partial charge in [0.05, 0.1) is 31.3 Å². The van der Waals surface area contributed by atoms with Gasteiger partial charge in [0.2, 0.25) is 5.88 Å². The van der Waals surface area contributed by atoms with E-state index in [0.29, 0.717) is 24.8 Å². The Morgan fingerprint density at radius 3 is 2.88 bits per heavy atom. The summed E-state index contributed by atoms with van der Waals surface area (Å²) in [6.07, 6.45) is 5.22. The summed E-state index contributed by atoms with van der Waals surface area (Å²) in [5.41, 5.74) is 0.504. The molecule has 0 unspecified atom stereocenters. The molecule has 0 aliphatic heterocycles. The molecule has 1 aromatic heterocycles. The third-order valence-corrected chi connectivity index (χ3v) is 1.94. The highest BCUT2D eigenvalue weighted by molar-refractivity contribution is 5.07. The van der Waals surface area contributed by atoms with Crippen LogP contribution in [0.15, 0.2) is 12.4 Å². The number of nitrogens with zero attached hydrogens (tertiary/aromatic N) is 2. The van der Waals surface area contributed by atoms with Crippen molar-refractivity contribution in [2.75, 3.05) is 19.8 Å². The molecule has 0 atom stereocenters. The van der Waals surface area contributed by atoms with Crippen LogP contribution in [0.4, 0.5) is 0 Å². The molecule has 0 aliphatic rings. The molecule has 1 rings (SSSR count). The number of aliphatic hydroxyl groups is 1. The fourth-order valence-corrected chi connectivity index (χ4v) is 1.09. The van der Waals surface area contributed by atoms with Crippen LogP contribution in [-0.4, -0.2) is 34.9 Å². The summed E-state index contributed by atoms with van der Waals surface area (Å²) in [5, 5.41) is 8.85. The first-order valence-electron chi connectivity index (χ1n) is 5.49. The summed E-state index contributed by atoms with van der Waals surface area (Å²) >= 11 is 0. The molecule has 1 aromatic rings. The van der Waals surface area contributed by atoms with Gasteiger partial charge in [-0.25, -0.2) is 4.98 Å². The van der Waals surface area contributed by atoms with Crippen LogP contribution in [0.25, 0.3) is 0 Å². The molecule has 0 saturated heterocycles.